The van der Waals surface area contributed by atoms with Crippen LogP contribution in [0.5, 0.6) is 0 Å². The van der Waals surface area contributed by atoms with Crippen LogP contribution >= 0.6 is 47.1 Å². The molecule has 0 aliphatic carbocycles. The molecule has 0 saturated carbocycles. The monoisotopic (exact) mass is 466 g/mol. The second kappa shape index (κ2) is 8.31. The zero-order valence-electron chi connectivity index (χ0n) is 15.9. The lowest BCUT2D eigenvalue weighted by Crippen LogP contribution is -2.09. The Hall–Kier alpha value is -2.52. The standard InChI is InChI=1S/C22H18N4S4/c27-21-25(17-5-1-3-7-19(17)29-21)13-23-15-9-11-16(12-10-15)24-14-26-18-6-2-4-8-20(18)30-22(26)28/h1-12,23-24H,13-14H2. The van der Waals surface area contributed by atoms with Gasteiger partial charge >= 0.3 is 0 Å². The van der Waals surface area contributed by atoms with E-state index in [-0.39, 0.29) is 0 Å². The molecule has 0 atom stereocenters. The number of nitrogens with one attached hydrogen (secondary N) is 2. The molecule has 2 aromatic heterocycles. The smallest absolute Gasteiger partial charge is 0.163 e. The Morgan fingerprint density at radius 3 is 1.43 bits per heavy atom. The fraction of sp³-hybridized carbons (Fsp3) is 0.0909. The summed E-state index contributed by atoms with van der Waals surface area (Å²) in [7, 11) is 0. The van der Waals surface area contributed by atoms with Gasteiger partial charge in [-0.2, -0.15) is 0 Å². The summed E-state index contributed by atoms with van der Waals surface area (Å²) >= 11 is 14.3. The number of para-hydroxylation sites is 2. The highest BCUT2D eigenvalue weighted by molar-refractivity contribution is 7.74. The zero-order valence-corrected chi connectivity index (χ0v) is 19.1. The molecule has 5 rings (SSSR count). The van der Waals surface area contributed by atoms with E-state index in [1.807, 2.05) is 24.3 Å². The quantitative estimate of drug-likeness (QED) is 0.257. The number of hydrogen-bond donors (Lipinski definition) is 2. The van der Waals surface area contributed by atoms with Crippen LogP contribution in [0.4, 0.5) is 11.4 Å². The van der Waals surface area contributed by atoms with E-state index in [0.717, 1.165) is 30.3 Å². The van der Waals surface area contributed by atoms with E-state index in [1.54, 1.807) is 22.7 Å². The lowest BCUT2D eigenvalue weighted by molar-refractivity contribution is 0.805. The van der Waals surface area contributed by atoms with Gasteiger partial charge in [0.1, 0.15) is 0 Å². The predicted molar refractivity (Wildman–Crippen MR) is 135 cm³/mol. The minimum Gasteiger partial charge on any atom is -0.367 e. The van der Waals surface area contributed by atoms with Crippen LogP contribution in [0.1, 0.15) is 0 Å². The van der Waals surface area contributed by atoms with Crippen molar-refractivity contribution in [3.8, 4) is 0 Å². The minimum absolute atomic E-state index is 0.645. The van der Waals surface area contributed by atoms with Crippen LogP contribution in [0.2, 0.25) is 0 Å². The molecule has 30 heavy (non-hydrogen) atoms. The number of hydrogen-bond acceptors (Lipinski definition) is 6. The maximum Gasteiger partial charge on any atom is 0.163 e. The Bertz CT molecular complexity index is 1330. The molecular weight excluding hydrogens is 449 g/mol. The largest absolute Gasteiger partial charge is 0.367 e. The van der Waals surface area contributed by atoms with Gasteiger partial charge in [-0.15, -0.1) is 22.7 Å². The third-order valence-electron chi connectivity index (χ3n) is 4.91. The van der Waals surface area contributed by atoms with Crippen molar-refractivity contribution in [3.05, 3.63) is 80.7 Å². The highest BCUT2D eigenvalue weighted by Gasteiger charge is 2.05. The molecule has 0 unspecified atom stereocenters. The highest BCUT2D eigenvalue weighted by Crippen LogP contribution is 2.24. The van der Waals surface area contributed by atoms with E-state index in [2.05, 4.69) is 68.3 Å². The van der Waals surface area contributed by atoms with Crippen LogP contribution in [0, 0.1) is 7.91 Å². The van der Waals surface area contributed by atoms with Crippen LogP contribution in [0.25, 0.3) is 20.4 Å². The van der Waals surface area contributed by atoms with Crippen molar-refractivity contribution in [2.45, 2.75) is 13.3 Å². The van der Waals surface area contributed by atoms with Crippen molar-refractivity contribution >= 4 is 78.9 Å². The molecule has 0 fully saturated rings. The van der Waals surface area contributed by atoms with Gasteiger partial charge in [-0.05, 0) is 73.0 Å². The van der Waals surface area contributed by atoms with Crippen LogP contribution in [-0.2, 0) is 13.3 Å². The van der Waals surface area contributed by atoms with Gasteiger partial charge in [-0.1, -0.05) is 24.3 Å². The fourth-order valence-corrected chi connectivity index (χ4v) is 6.02. The summed E-state index contributed by atoms with van der Waals surface area (Å²) in [5.41, 5.74) is 4.43. The molecule has 0 aliphatic heterocycles. The maximum atomic E-state index is 5.53. The molecule has 8 heteroatoms. The van der Waals surface area contributed by atoms with Crippen molar-refractivity contribution in [2.75, 3.05) is 10.6 Å². The molecule has 3 aromatic carbocycles. The summed E-state index contributed by atoms with van der Waals surface area (Å²) in [4.78, 5) is 0. The molecule has 0 saturated heterocycles. The van der Waals surface area contributed by atoms with Gasteiger partial charge in [0.15, 0.2) is 7.91 Å². The van der Waals surface area contributed by atoms with E-state index >= 15 is 0 Å². The molecule has 0 bridgehead atoms. The summed E-state index contributed by atoms with van der Waals surface area (Å²) in [6.45, 7) is 1.29. The molecule has 2 heterocycles. The highest BCUT2D eigenvalue weighted by atomic mass is 32.2. The number of rotatable bonds is 6. The molecule has 4 nitrogen and oxygen atoms in total. The number of nitrogens with zero attached hydrogens (tertiary/aromatic N) is 2. The molecule has 0 amide bonds. The van der Waals surface area contributed by atoms with Gasteiger partial charge < -0.3 is 19.8 Å². The normalized spacial score (nSPS) is 11.2. The first-order chi connectivity index (χ1) is 14.7. The number of thiazole rings is 2. The predicted octanol–water partition coefficient (Wildman–Crippen LogP) is 7.32. The molecule has 5 aromatic rings. The van der Waals surface area contributed by atoms with Gasteiger partial charge in [0.05, 0.1) is 33.8 Å². The van der Waals surface area contributed by atoms with Crippen LogP contribution in [0.3, 0.4) is 0 Å². The second-order valence-electron chi connectivity index (χ2n) is 6.77. The van der Waals surface area contributed by atoms with E-state index < -0.39 is 0 Å². The molecule has 0 aliphatic rings. The third-order valence-corrected chi connectivity index (χ3v) is 7.78. The number of anilines is 2. The van der Waals surface area contributed by atoms with Gasteiger partial charge in [-0.25, -0.2) is 0 Å². The van der Waals surface area contributed by atoms with Crippen molar-refractivity contribution in [3.63, 3.8) is 0 Å². The number of fused-ring (bicyclic) bond motifs is 2. The first-order valence-electron chi connectivity index (χ1n) is 9.43. The van der Waals surface area contributed by atoms with E-state index in [4.69, 9.17) is 24.4 Å². The first kappa shape index (κ1) is 19.4. The first-order valence-corrected chi connectivity index (χ1v) is 11.9. The minimum atomic E-state index is 0.645. The van der Waals surface area contributed by atoms with Crippen LogP contribution < -0.4 is 10.6 Å². The lowest BCUT2D eigenvalue weighted by Gasteiger charge is -2.11. The Morgan fingerprint density at radius 2 is 1.00 bits per heavy atom. The van der Waals surface area contributed by atoms with E-state index in [1.165, 1.54) is 9.40 Å². The summed E-state index contributed by atoms with van der Waals surface area (Å²) < 4.78 is 8.44. The average molecular weight is 467 g/mol. The molecule has 0 spiro atoms. The van der Waals surface area contributed by atoms with Crippen molar-refractivity contribution in [2.24, 2.45) is 0 Å². The van der Waals surface area contributed by atoms with Crippen LogP contribution in [-0.4, -0.2) is 9.13 Å². The lowest BCUT2D eigenvalue weighted by atomic mass is 10.3. The van der Waals surface area contributed by atoms with Crippen molar-refractivity contribution in [1.29, 1.82) is 0 Å². The van der Waals surface area contributed by atoms with Crippen molar-refractivity contribution in [1.82, 2.24) is 9.13 Å². The van der Waals surface area contributed by atoms with Gasteiger partial charge in [-0.3, -0.25) is 0 Å². The van der Waals surface area contributed by atoms with Gasteiger partial charge in [0, 0.05) is 11.4 Å². The summed E-state index contributed by atoms with van der Waals surface area (Å²) in [5, 5.41) is 6.93. The van der Waals surface area contributed by atoms with E-state index in [9.17, 15) is 0 Å². The molecule has 0 radical (unpaired) electrons. The zero-order chi connectivity index (χ0) is 20.5. The van der Waals surface area contributed by atoms with Crippen LogP contribution in [0.15, 0.2) is 72.8 Å². The Labute approximate surface area is 192 Å². The van der Waals surface area contributed by atoms with E-state index in [0.29, 0.717) is 13.3 Å². The molecular formula is C22H18N4S4. The van der Waals surface area contributed by atoms with Gasteiger partial charge in [0.25, 0.3) is 0 Å². The average Bonchev–Trinajstić information content (AvgIpc) is 3.26. The number of aromatic nitrogens is 2. The summed E-state index contributed by atoms with van der Waals surface area (Å²) in [5.74, 6) is 0. The number of benzene rings is 3. The Kier molecular flexibility index (Phi) is 5.39. The fourth-order valence-electron chi connectivity index (χ4n) is 3.37. The molecule has 2 N–H and O–H groups in total. The molecule has 150 valence electrons. The van der Waals surface area contributed by atoms with Crippen molar-refractivity contribution < 1.29 is 0 Å². The second-order valence-corrected chi connectivity index (χ2v) is 10.1. The van der Waals surface area contributed by atoms with Gasteiger partial charge in [0.2, 0.25) is 0 Å². The SMILES string of the molecule is S=c1sc2ccccc2n1CNc1ccc(NCn2c(=S)sc3ccccc32)cc1. The third kappa shape index (κ3) is 3.79. The Balaban J connectivity index is 1.26. The Morgan fingerprint density at radius 1 is 0.600 bits per heavy atom. The maximum absolute atomic E-state index is 5.53. The summed E-state index contributed by atoms with van der Waals surface area (Å²) in [6.07, 6.45) is 0. The topological polar surface area (TPSA) is 33.9 Å². The summed E-state index contributed by atoms with van der Waals surface area (Å²) in [6, 6.07) is 24.9.